The van der Waals surface area contributed by atoms with E-state index in [2.05, 4.69) is 10.6 Å². The molecule has 1 rings (SSSR count). The molecule has 8 nitrogen and oxygen atoms in total. The van der Waals surface area contributed by atoms with Crippen molar-refractivity contribution in [1.82, 2.24) is 14.9 Å². The second-order valence-corrected chi connectivity index (χ2v) is 6.54. The Morgan fingerprint density at radius 2 is 2.10 bits per heavy atom. The van der Waals surface area contributed by atoms with Crippen molar-refractivity contribution in [2.24, 2.45) is 0 Å². The Morgan fingerprint density at radius 3 is 2.71 bits per heavy atom. The Kier molecular flexibility index (Phi) is 6.82. The number of amides is 1. The highest BCUT2D eigenvalue weighted by atomic mass is 32.2. The summed E-state index contributed by atoms with van der Waals surface area (Å²) < 4.78 is 34.8. The first-order valence-corrected chi connectivity index (χ1v) is 7.79. The zero-order chi connectivity index (χ0) is 15.9. The molecule has 21 heavy (non-hydrogen) atoms. The molecule has 0 unspecified atom stereocenters. The van der Waals surface area contributed by atoms with Crippen LogP contribution in [0.15, 0.2) is 21.6 Å². The van der Waals surface area contributed by atoms with Crippen LogP contribution in [0.5, 0.6) is 0 Å². The highest BCUT2D eigenvalue weighted by Crippen LogP contribution is 2.16. The summed E-state index contributed by atoms with van der Waals surface area (Å²) >= 11 is 0. The van der Waals surface area contributed by atoms with E-state index in [1.807, 2.05) is 0 Å². The van der Waals surface area contributed by atoms with Crippen molar-refractivity contribution in [3.05, 3.63) is 17.9 Å². The Hall–Kier alpha value is -1.42. The fraction of sp³-hybridized carbons (Fsp3) is 0.583. The fourth-order valence-corrected chi connectivity index (χ4v) is 2.24. The summed E-state index contributed by atoms with van der Waals surface area (Å²) in [7, 11) is 0.851. The molecule has 1 amide bonds. The molecular weight excluding hydrogens is 298 g/mol. The molecule has 0 saturated carbocycles. The quantitative estimate of drug-likeness (QED) is 0.589. The highest BCUT2D eigenvalue weighted by molar-refractivity contribution is 7.88. The predicted molar refractivity (Wildman–Crippen MR) is 76.2 cm³/mol. The van der Waals surface area contributed by atoms with E-state index >= 15 is 0 Å². The van der Waals surface area contributed by atoms with E-state index in [0.717, 1.165) is 4.31 Å². The monoisotopic (exact) mass is 319 g/mol. The number of sulfonamides is 1. The molecule has 0 aliphatic rings. The van der Waals surface area contributed by atoms with Crippen molar-refractivity contribution in [1.29, 1.82) is 0 Å². The van der Waals surface area contributed by atoms with Crippen LogP contribution in [0.4, 0.5) is 0 Å². The van der Waals surface area contributed by atoms with Gasteiger partial charge in [0.25, 0.3) is 10.0 Å². The van der Waals surface area contributed by atoms with E-state index in [9.17, 15) is 13.2 Å². The van der Waals surface area contributed by atoms with Crippen LogP contribution in [0.1, 0.15) is 5.76 Å². The largest absolute Gasteiger partial charge is 0.447 e. The topological polar surface area (TPSA) is 101 Å². The van der Waals surface area contributed by atoms with Gasteiger partial charge in [0.15, 0.2) is 0 Å². The summed E-state index contributed by atoms with van der Waals surface area (Å²) in [5.74, 6) is 0.278. The minimum absolute atomic E-state index is 0.111. The standard InChI is InChI=1S/C12H21N3O5S/c1-15(2)21(17,18)12-5-4-10(20-12)8-13-9-11(16)14-6-7-19-3/h4-5,13H,6-9H2,1-3H3,(H,14,16). The third-order valence-electron chi connectivity index (χ3n) is 2.59. The van der Waals surface area contributed by atoms with Gasteiger partial charge in [-0.3, -0.25) is 4.79 Å². The minimum atomic E-state index is -3.57. The lowest BCUT2D eigenvalue weighted by atomic mass is 10.4. The Balaban J connectivity index is 2.41. The fourth-order valence-electron chi connectivity index (χ4n) is 1.43. The van der Waals surface area contributed by atoms with E-state index in [0.29, 0.717) is 18.9 Å². The molecule has 2 N–H and O–H groups in total. The van der Waals surface area contributed by atoms with Crippen LogP contribution in [0, 0.1) is 0 Å². The SMILES string of the molecule is COCCNC(=O)CNCc1ccc(S(=O)(=O)N(C)C)o1. The van der Waals surface area contributed by atoms with Crippen LogP contribution >= 0.6 is 0 Å². The summed E-state index contributed by atoms with van der Waals surface area (Å²) in [5.41, 5.74) is 0. The van der Waals surface area contributed by atoms with Crippen molar-refractivity contribution in [3.63, 3.8) is 0 Å². The number of nitrogens with zero attached hydrogens (tertiary/aromatic N) is 1. The normalized spacial score (nSPS) is 11.8. The van der Waals surface area contributed by atoms with Crippen molar-refractivity contribution < 1.29 is 22.4 Å². The molecule has 0 aromatic carbocycles. The number of furan rings is 1. The molecule has 0 bridgehead atoms. The maximum Gasteiger partial charge on any atom is 0.275 e. The molecule has 0 radical (unpaired) electrons. The molecule has 0 aliphatic heterocycles. The molecule has 1 aromatic heterocycles. The zero-order valence-corrected chi connectivity index (χ0v) is 13.2. The Bertz CT molecular complexity index is 553. The van der Waals surface area contributed by atoms with Gasteiger partial charge in [-0.1, -0.05) is 0 Å². The molecule has 0 spiro atoms. The van der Waals surface area contributed by atoms with Crippen LogP contribution < -0.4 is 10.6 Å². The number of carbonyl (C=O) groups is 1. The summed E-state index contributed by atoms with van der Waals surface area (Å²) in [5, 5.41) is 5.41. The third kappa shape index (κ3) is 5.46. The molecule has 0 fully saturated rings. The maximum atomic E-state index is 11.8. The molecule has 0 atom stereocenters. The second kappa shape index (κ2) is 8.13. The maximum absolute atomic E-state index is 11.8. The van der Waals surface area contributed by atoms with E-state index in [4.69, 9.17) is 9.15 Å². The lowest BCUT2D eigenvalue weighted by Gasteiger charge is -2.08. The number of rotatable bonds is 9. The summed E-state index contributed by atoms with van der Waals surface area (Å²) in [4.78, 5) is 11.4. The van der Waals surface area contributed by atoms with E-state index in [1.54, 1.807) is 13.2 Å². The van der Waals surface area contributed by atoms with Crippen LogP contribution in [0.25, 0.3) is 0 Å². The molecule has 0 saturated heterocycles. The first-order chi connectivity index (χ1) is 9.87. The summed E-state index contributed by atoms with van der Waals surface area (Å²) in [6, 6.07) is 2.96. The van der Waals surface area contributed by atoms with Gasteiger partial charge in [0, 0.05) is 27.7 Å². The number of carbonyl (C=O) groups excluding carboxylic acids is 1. The summed E-state index contributed by atoms with van der Waals surface area (Å²) in [6.45, 7) is 1.28. The van der Waals surface area contributed by atoms with Gasteiger partial charge in [-0.2, -0.15) is 0 Å². The van der Waals surface area contributed by atoms with E-state index < -0.39 is 10.0 Å². The molecule has 9 heteroatoms. The molecule has 1 aromatic rings. The number of hydrogen-bond donors (Lipinski definition) is 2. The average Bonchev–Trinajstić information content (AvgIpc) is 2.88. The number of hydrogen-bond acceptors (Lipinski definition) is 6. The van der Waals surface area contributed by atoms with Crippen LogP contribution in [-0.4, -0.2) is 59.5 Å². The molecular formula is C12H21N3O5S. The van der Waals surface area contributed by atoms with Crippen molar-refractivity contribution in [2.75, 3.05) is 40.9 Å². The van der Waals surface area contributed by atoms with E-state index in [1.165, 1.54) is 20.2 Å². The van der Waals surface area contributed by atoms with Gasteiger partial charge in [-0.25, -0.2) is 12.7 Å². The van der Waals surface area contributed by atoms with Gasteiger partial charge in [0.05, 0.1) is 19.7 Å². The lowest BCUT2D eigenvalue weighted by Crippen LogP contribution is -2.35. The van der Waals surface area contributed by atoms with Crippen molar-refractivity contribution >= 4 is 15.9 Å². The second-order valence-electron chi connectivity index (χ2n) is 4.45. The highest BCUT2D eigenvalue weighted by Gasteiger charge is 2.21. The molecule has 1 heterocycles. The average molecular weight is 319 g/mol. The Labute approximate surface area is 124 Å². The van der Waals surface area contributed by atoms with Gasteiger partial charge < -0.3 is 19.8 Å². The van der Waals surface area contributed by atoms with Crippen LogP contribution in [0.3, 0.4) is 0 Å². The number of ether oxygens (including phenoxy) is 1. The van der Waals surface area contributed by atoms with Gasteiger partial charge in [0.1, 0.15) is 5.76 Å². The van der Waals surface area contributed by atoms with Gasteiger partial charge in [-0.05, 0) is 12.1 Å². The number of nitrogens with one attached hydrogen (secondary N) is 2. The van der Waals surface area contributed by atoms with Crippen LogP contribution in [0.2, 0.25) is 0 Å². The lowest BCUT2D eigenvalue weighted by molar-refractivity contribution is -0.120. The van der Waals surface area contributed by atoms with E-state index in [-0.39, 0.29) is 24.1 Å². The van der Waals surface area contributed by atoms with Gasteiger partial charge in [0.2, 0.25) is 11.0 Å². The zero-order valence-electron chi connectivity index (χ0n) is 12.4. The van der Waals surface area contributed by atoms with Crippen molar-refractivity contribution in [2.45, 2.75) is 11.6 Å². The first kappa shape index (κ1) is 17.6. The predicted octanol–water partition coefficient (Wildman–Crippen LogP) is -0.618. The van der Waals surface area contributed by atoms with Gasteiger partial charge in [-0.15, -0.1) is 0 Å². The molecule has 0 aliphatic carbocycles. The van der Waals surface area contributed by atoms with Gasteiger partial charge >= 0.3 is 0 Å². The Morgan fingerprint density at radius 1 is 1.38 bits per heavy atom. The third-order valence-corrected chi connectivity index (χ3v) is 4.27. The smallest absolute Gasteiger partial charge is 0.275 e. The summed E-state index contributed by atoms with van der Waals surface area (Å²) in [6.07, 6.45) is 0. The van der Waals surface area contributed by atoms with Crippen LogP contribution in [-0.2, 0) is 26.1 Å². The van der Waals surface area contributed by atoms with Crippen molar-refractivity contribution in [3.8, 4) is 0 Å². The minimum Gasteiger partial charge on any atom is -0.447 e. The molecule has 120 valence electrons. The number of methoxy groups -OCH3 is 1. The first-order valence-electron chi connectivity index (χ1n) is 6.35.